The van der Waals surface area contributed by atoms with Crippen LogP contribution >= 0.6 is 11.6 Å². The van der Waals surface area contributed by atoms with Gasteiger partial charge in [-0.25, -0.2) is 4.98 Å². The summed E-state index contributed by atoms with van der Waals surface area (Å²) in [6.45, 7) is 2.93. The van der Waals surface area contributed by atoms with Crippen molar-refractivity contribution < 1.29 is 9.53 Å². The van der Waals surface area contributed by atoms with E-state index in [4.69, 9.17) is 16.3 Å². The van der Waals surface area contributed by atoms with Gasteiger partial charge in [-0.2, -0.15) is 0 Å². The summed E-state index contributed by atoms with van der Waals surface area (Å²) >= 11 is 5.94. The number of hydrogen-bond donors (Lipinski definition) is 2. The maximum absolute atomic E-state index is 12.1. The number of pyridine rings is 1. The first-order valence-electron chi connectivity index (χ1n) is 7.43. The van der Waals surface area contributed by atoms with Gasteiger partial charge >= 0.3 is 0 Å². The number of ether oxygens (including phenoxy) is 1. The number of nitrogens with zero attached hydrogens (tertiary/aromatic N) is 1. The van der Waals surface area contributed by atoms with Crippen molar-refractivity contribution in [2.75, 3.05) is 26.2 Å². The standard InChI is InChI=1S/C15H20ClN3O2/c16-12-2-1-5-19-14(12)21-9-8-18-13(20)11-10-15(11)3-6-17-7-4-15/h1-2,5,11,17H,3-4,6-10H2,(H,18,20). The molecule has 114 valence electrons. The summed E-state index contributed by atoms with van der Waals surface area (Å²) in [7, 11) is 0. The molecule has 21 heavy (non-hydrogen) atoms. The smallest absolute Gasteiger partial charge is 0.232 e. The Balaban J connectivity index is 1.38. The molecule has 0 bridgehead atoms. The fourth-order valence-corrected chi connectivity index (χ4v) is 3.29. The molecule has 1 unspecified atom stereocenters. The first kappa shape index (κ1) is 14.6. The lowest BCUT2D eigenvalue weighted by atomic mass is 9.92. The van der Waals surface area contributed by atoms with Crippen molar-refractivity contribution in [2.24, 2.45) is 11.3 Å². The van der Waals surface area contributed by atoms with E-state index in [2.05, 4.69) is 15.6 Å². The second-order valence-electron chi connectivity index (χ2n) is 5.80. The van der Waals surface area contributed by atoms with E-state index in [0.717, 1.165) is 32.4 Å². The quantitative estimate of drug-likeness (QED) is 0.811. The molecule has 1 spiro atoms. The van der Waals surface area contributed by atoms with Crippen LogP contribution < -0.4 is 15.4 Å². The molecule has 1 aromatic heterocycles. The van der Waals surface area contributed by atoms with Gasteiger partial charge < -0.3 is 15.4 Å². The van der Waals surface area contributed by atoms with Crippen LogP contribution in [-0.4, -0.2) is 37.1 Å². The highest BCUT2D eigenvalue weighted by Gasteiger charge is 2.57. The Bertz CT molecular complexity index is 517. The number of carbonyl (C=O) groups excluding carboxylic acids is 1. The zero-order chi connectivity index (χ0) is 14.7. The SMILES string of the molecule is O=C(NCCOc1ncccc1Cl)C1CC12CCNCC2. The highest BCUT2D eigenvalue weighted by molar-refractivity contribution is 6.31. The van der Waals surface area contributed by atoms with Crippen molar-refractivity contribution in [1.29, 1.82) is 0 Å². The van der Waals surface area contributed by atoms with E-state index in [1.54, 1.807) is 18.3 Å². The highest BCUT2D eigenvalue weighted by atomic mass is 35.5. The van der Waals surface area contributed by atoms with Crippen molar-refractivity contribution in [3.63, 3.8) is 0 Å². The largest absolute Gasteiger partial charge is 0.475 e. The summed E-state index contributed by atoms with van der Waals surface area (Å²) in [5.41, 5.74) is 0.278. The molecular formula is C15H20ClN3O2. The van der Waals surface area contributed by atoms with E-state index in [1.807, 2.05) is 0 Å². The zero-order valence-corrected chi connectivity index (χ0v) is 12.7. The van der Waals surface area contributed by atoms with E-state index in [1.165, 1.54) is 0 Å². The van der Waals surface area contributed by atoms with Gasteiger partial charge in [0.2, 0.25) is 11.8 Å². The van der Waals surface area contributed by atoms with Crippen molar-refractivity contribution in [2.45, 2.75) is 19.3 Å². The minimum absolute atomic E-state index is 0.160. The average Bonchev–Trinajstić information content (AvgIpc) is 3.19. The first-order valence-corrected chi connectivity index (χ1v) is 7.81. The predicted octanol–water partition coefficient (Wildman–Crippen LogP) is 1.62. The van der Waals surface area contributed by atoms with Gasteiger partial charge in [-0.15, -0.1) is 0 Å². The van der Waals surface area contributed by atoms with E-state index in [0.29, 0.717) is 24.1 Å². The molecule has 6 heteroatoms. The molecule has 2 heterocycles. The number of piperidine rings is 1. The minimum Gasteiger partial charge on any atom is -0.475 e. The lowest BCUT2D eigenvalue weighted by Crippen LogP contribution is -2.35. The number of halogens is 1. The normalized spacial score (nSPS) is 22.8. The molecular weight excluding hydrogens is 290 g/mol. The minimum atomic E-state index is 0.160. The van der Waals surface area contributed by atoms with Gasteiger partial charge in [0.15, 0.2) is 0 Å². The molecule has 2 aliphatic rings. The van der Waals surface area contributed by atoms with Crippen LogP contribution in [0.4, 0.5) is 0 Å². The topological polar surface area (TPSA) is 63.2 Å². The number of hydrogen-bond acceptors (Lipinski definition) is 4. The second-order valence-corrected chi connectivity index (χ2v) is 6.21. The highest BCUT2D eigenvalue weighted by Crippen LogP contribution is 2.58. The van der Waals surface area contributed by atoms with Gasteiger partial charge in [0.05, 0.1) is 6.54 Å². The fraction of sp³-hybridized carbons (Fsp3) is 0.600. The van der Waals surface area contributed by atoms with Crippen LogP contribution in [-0.2, 0) is 4.79 Å². The van der Waals surface area contributed by atoms with E-state index in [9.17, 15) is 4.79 Å². The van der Waals surface area contributed by atoms with Crippen LogP contribution in [0.5, 0.6) is 5.88 Å². The van der Waals surface area contributed by atoms with Crippen molar-refractivity contribution >= 4 is 17.5 Å². The van der Waals surface area contributed by atoms with Gasteiger partial charge in [-0.1, -0.05) is 11.6 Å². The number of rotatable bonds is 5. The molecule has 2 fully saturated rings. The Kier molecular flexibility index (Phi) is 4.31. The molecule has 2 N–H and O–H groups in total. The number of carbonyl (C=O) groups is 1. The molecule has 1 aliphatic carbocycles. The van der Waals surface area contributed by atoms with Crippen molar-refractivity contribution in [3.05, 3.63) is 23.4 Å². The summed E-state index contributed by atoms with van der Waals surface area (Å²) in [6, 6.07) is 3.48. The second kappa shape index (κ2) is 6.20. The third kappa shape index (κ3) is 3.30. The fourth-order valence-electron chi connectivity index (χ4n) is 3.12. The Morgan fingerprint density at radius 1 is 1.52 bits per heavy atom. The Morgan fingerprint density at radius 2 is 2.33 bits per heavy atom. The van der Waals surface area contributed by atoms with Gasteiger partial charge in [-0.05, 0) is 49.9 Å². The molecule has 1 aliphatic heterocycles. The van der Waals surface area contributed by atoms with Gasteiger partial charge in [-0.3, -0.25) is 4.79 Å². The van der Waals surface area contributed by atoms with E-state index >= 15 is 0 Å². The predicted molar refractivity (Wildman–Crippen MR) is 80.4 cm³/mol. The number of amides is 1. The van der Waals surface area contributed by atoms with Crippen molar-refractivity contribution in [1.82, 2.24) is 15.6 Å². The first-order chi connectivity index (χ1) is 10.2. The summed E-state index contributed by atoms with van der Waals surface area (Å²) in [5.74, 6) is 0.764. The van der Waals surface area contributed by atoms with Crippen LogP contribution in [0.3, 0.4) is 0 Å². The summed E-state index contributed by atoms with van der Waals surface area (Å²) in [6.07, 6.45) is 4.90. The van der Waals surface area contributed by atoms with Gasteiger partial charge in [0.25, 0.3) is 0 Å². The lowest BCUT2D eigenvalue weighted by Gasteiger charge is -2.23. The Hall–Kier alpha value is -1.33. The van der Waals surface area contributed by atoms with Crippen LogP contribution in [0, 0.1) is 11.3 Å². The molecule has 0 radical (unpaired) electrons. The van der Waals surface area contributed by atoms with Gasteiger partial charge in [0, 0.05) is 12.1 Å². The summed E-state index contributed by atoms with van der Waals surface area (Å²) in [5, 5.41) is 6.78. The van der Waals surface area contributed by atoms with Crippen LogP contribution in [0.1, 0.15) is 19.3 Å². The Morgan fingerprint density at radius 3 is 3.10 bits per heavy atom. The zero-order valence-electron chi connectivity index (χ0n) is 11.9. The average molecular weight is 310 g/mol. The molecule has 3 rings (SSSR count). The molecule has 1 aromatic rings. The monoisotopic (exact) mass is 309 g/mol. The summed E-state index contributed by atoms with van der Waals surface area (Å²) < 4.78 is 5.46. The number of nitrogens with one attached hydrogen (secondary N) is 2. The maximum atomic E-state index is 12.1. The molecule has 5 nitrogen and oxygen atoms in total. The molecule has 1 amide bonds. The third-order valence-corrected chi connectivity index (χ3v) is 4.76. The van der Waals surface area contributed by atoms with Crippen LogP contribution in [0.2, 0.25) is 5.02 Å². The molecule has 1 saturated heterocycles. The Labute approximate surface area is 129 Å². The van der Waals surface area contributed by atoms with Crippen LogP contribution in [0.25, 0.3) is 0 Å². The molecule has 1 atom stereocenters. The van der Waals surface area contributed by atoms with Crippen LogP contribution in [0.15, 0.2) is 18.3 Å². The van der Waals surface area contributed by atoms with Crippen molar-refractivity contribution in [3.8, 4) is 5.88 Å². The number of aromatic nitrogens is 1. The maximum Gasteiger partial charge on any atom is 0.232 e. The molecule has 1 saturated carbocycles. The van der Waals surface area contributed by atoms with E-state index < -0.39 is 0 Å². The van der Waals surface area contributed by atoms with Gasteiger partial charge in [0.1, 0.15) is 11.6 Å². The van der Waals surface area contributed by atoms with E-state index in [-0.39, 0.29) is 17.2 Å². The lowest BCUT2D eigenvalue weighted by molar-refractivity contribution is -0.123. The molecule has 0 aromatic carbocycles. The third-order valence-electron chi connectivity index (χ3n) is 4.47. The summed E-state index contributed by atoms with van der Waals surface area (Å²) in [4.78, 5) is 16.2.